The predicted molar refractivity (Wildman–Crippen MR) is 80.8 cm³/mol. The zero-order valence-electron chi connectivity index (χ0n) is 11.1. The number of hydrogen-bond donors (Lipinski definition) is 1. The Morgan fingerprint density at radius 2 is 2.00 bits per heavy atom. The van der Waals surface area contributed by atoms with Crippen LogP contribution in [0.2, 0.25) is 0 Å². The van der Waals surface area contributed by atoms with Crippen molar-refractivity contribution in [2.24, 2.45) is 5.73 Å². The molecule has 1 saturated heterocycles. The Hall–Kier alpha value is -0.260. The number of rotatable bonds is 3. The monoisotopic (exact) mass is 303 g/mol. The maximum Gasteiger partial charge on any atom is 0.159 e. The highest BCUT2D eigenvalue weighted by molar-refractivity contribution is 8.07. The topological polar surface area (TPSA) is 26.0 Å². The van der Waals surface area contributed by atoms with E-state index in [4.69, 9.17) is 5.73 Å². The highest BCUT2D eigenvalue weighted by Gasteiger charge is 2.29. The van der Waals surface area contributed by atoms with Crippen molar-refractivity contribution in [2.45, 2.75) is 42.1 Å². The summed E-state index contributed by atoms with van der Waals surface area (Å²) in [6.45, 7) is 4.46. The lowest BCUT2D eigenvalue weighted by Gasteiger charge is -2.34. The van der Waals surface area contributed by atoms with Crippen LogP contribution in [-0.4, -0.2) is 27.5 Å². The summed E-state index contributed by atoms with van der Waals surface area (Å²) in [5.41, 5.74) is 6.99. The predicted octanol–water partition coefficient (Wildman–Crippen LogP) is 3.46. The summed E-state index contributed by atoms with van der Waals surface area (Å²) in [4.78, 5) is 0. The lowest BCUT2D eigenvalue weighted by atomic mass is 10.0. The quantitative estimate of drug-likeness (QED) is 0.926. The van der Waals surface area contributed by atoms with Gasteiger partial charge in [-0.05, 0) is 24.1 Å². The first-order chi connectivity index (χ1) is 8.97. The molecule has 0 aliphatic carbocycles. The van der Waals surface area contributed by atoms with E-state index in [9.17, 15) is 8.78 Å². The molecule has 5 heteroatoms. The van der Waals surface area contributed by atoms with Crippen molar-refractivity contribution in [2.75, 3.05) is 5.75 Å². The van der Waals surface area contributed by atoms with Crippen molar-refractivity contribution in [3.8, 4) is 0 Å². The Morgan fingerprint density at radius 1 is 1.26 bits per heavy atom. The summed E-state index contributed by atoms with van der Waals surface area (Å²) < 4.78 is 26.0. The fourth-order valence-electron chi connectivity index (χ4n) is 2.10. The zero-order valence-corrected chi connectivity index (χ0v) is 12.7. The van der Waals surface area contributed by atoms with E-state index < -0.39 is 11.6 Å². The van der Waals surface area contributed by atoms with Crippen LogP contribution in [0.25, 0.3) is 0 Å². The summed E-state index contributed by atoms with van der Waals surface area (Å²) in [6.07, 6.45) is 0.594. The van der Waals surface area contributed by atoms with Gasteiger partial charge in [0.25, 0.3) is 0 Å². The Labute approximate surface area is 121 Å². The Balaban J connectivity index is 1.97. The van der Waals surface area contributed by atoms with E-state index in [1.807, 2.05) is 23.5 Å². The van der Waals surface area contributed by atoms with Gasteiger partial charge < -0.3 is 5.73 Å². The molecule has 1 aliphatic rings. The zero-order chi connectivity index (χ0) is 14.0. The first kappa shape index (κ1) is 15.1. The first-order valence-electron chi connectivity index (χ1n) is 6.44. The molecule has 0 amide bonds. The van der Waals surface area contributed by atoms with E-state index in [1.165, 1.54) is 12.1 Å². The molecule has 1 fully saturated rings. The molecule has 1 aromatic carbocycles. The van der Waals surface area contributed by atoms with Gasteiger partial charge in [-0.1, -0.05) is 19.9 Å². The molecule has 0 radical (unpaired) electrons. The SMILES string of the molecule is CC1SCC(C(N)Cc2ccc(F)c(F)c2)SC1C. The molecule has 1 aromatic rings. The van der Waals surface area contributed by atoms with Crippen LogP contribution >= 0.6 is 23.5 Å². The lowest BCUT2D eigenvalue weighted by Crippen LogP contribution is -2.41. The highest BCUT2D eigenvalue weighted by Crippen LogP contribution is 2.37. The van der Waals surface area contributed by atoms with Crippen molar-refractivity contribution < 1.29 is 8.78 Å². The first-order valence-corrected chi connectivity index (χ1v) is 8.43. The van der Waals surface area contributed by atoms with Crippen LogP contribution in [0, 0.1) is 11.6 Å². The minimum absolute atomic E-state index is 0.0164. The van der Waals surface area contributed by atoms with Crippen molar-refractivity contribution in [3.63, 3.8) is 0 Å². The summed E-state index contributed by atoms with van der Waals surface area (Å²) >= 11 is 3.86. The normalized spacial score (nSPS) is 29.2. The van der Waals surface area contributed by atoms with E-state index in [-0.39, 0.29) is 6.04 Å². The molecule has 1 aliphatic heterocycles. The van der Waals surface area contributed by atoms with Gasteiger partial charge in [0, 0.05) is 27.5 Å². The van der Waals surface area contributed by atoms with Crippen LogP contribution in [0.5, 0.6) is 0 Å². The van der Waals surface area contributed by atoms with Crippen molar-refractivity contribution >= 4 is 23.5 Å². The Kier molecular flexibility index (Phi) is 5.15. The molecule has 2 N–H and O–H groups in total. The second-order valence-corrected chi connectivity index (χ2v) is 8.07. The maximum atomic E-state index is 13.2. The standard InChI is InChI=1S/C14H19F2NS2/c1-8-9(2)19-14(7-18-8)13(17)6-10-3-4-11(15)12(16)5-10/h3-5,8-9,13-14H,6-7,17H2,1-2H3. The maximum absolute atomic E-state index is 13.2. The highest BCUT2D eigenvalue weighted by atomic mass is 32.2. The number of halogens is 2. The van der Waals surface area contributed by atoms with E-state index in [0.717, 1.165) is 11.3 Å². The number of thioether (sulfide) groups is 2. The molecular formula is C14H19F2NS2. The van der Waals surface area contributed by atoms with E-state index in [2.05, 4.69) is 13.8 Å². The third kappa shape index (κ3) is 3.86. The van der Waals surface area contributed by atoms with Gasteiger partial charge in [-0.25, -0.2) is 8.78 Å². The van der Waals surface area contributed by atoms with Crippen LogP contribution in [0.3, 0.4) is 0 Å². The minimum Gasteiger partial charge on any atom is -0.326 e. The van der Waals surface area contributed by atoms with Gasteiger partial charge in [-0.3, -0.25) is 0 Å². The average molecular weight is 303 g/mol. The van der Waals surface area contributed by atoms with Gasteiger partial charge in [0.15, 0.2) is 11.6 Å². The molecule has 0 spiro atoms. The molecule has 0 aromatic heterocycles. The van der Waals surface area contributed by atoms with Crippen LogP contribution in [0.1, 0.15) is 19.4 Å². The van der Waals surface area contributed by atoms with Crippen molar-refractivity contribution in [1.82, 2.24) is 0 Å². The van der Waals surface area contributed by atoms with Crippen LogP contribution in [-0.2, 0) is 6.42 Å². The second-order valence-electron chi connectivity index (χ2n) is 5.03. The molecule has 0 saturated carbocycles. The number of nitrogens with two attached hydrogens (primary N) is 1. The molecule has 1 nitrogen and oxygen atoms in total. The molecular weight excluding hydrogens is 284 g/mol. The van der Waals surface area contributed by atoms with E-state index in [0.29, 0.717) is 22.2 Å². The minimum atomic E-state index is -0.803. The molecule has 2 rings (SSSR count). The molecule has 0 bridgehead atoms. The van der Waals surface area contributed by atoms with E-state index in [1.54, 1.807) is 6.07 Å². The molecule has 1 heterocycles. The third-order valence-electron chi connectivity index (χ3n) is 3.51. The van der Waals surface area contributed by atoms with Gasteiger partial charge in [-0.15, -0.1) is 0 Å². The Bertz CT molecular complexity index is 441. The lowest BCUT2D eigenvalue weighted by molar-refractivity contribution is 0.506. The van der Waals surface area contributed by atoms with Gasteiger partial charge >= 0.3 is 0 Å². The summed E-state index contributed by atoms with van der Waals surface area (Å²) in [5.74, 6) is -0.569. The van der Waals surface area contributed by atoms with Crippen LogP contribution < -0.4 is 5.73 Å². The largest absolute Gasteiger partial charge is 0.326 e. The van der Waals surface area contributed by atoms with E-state index >= 15 is 0 Å². The van der Waals surface area contributed by atoms with Crippen LogP contribution in [0.15, 0.2) is 18.2 Å². The summed E-state index contributed by atoms with van der Waals surface area (Å²) in [6, 6.07) is 4.02. The van der Waals surface area contributed by atoms with Crippen molar-refractivity contribution in [3.05, 3.63) is 35.4 Å². The van der Waals surface area contributed by atoms with Crippen molar-refractivity contribution in [1.29, 1.82) is 0 Å². The second kappa shape index (κ2) is 6.46. The van der Waals surface area contributed by atoms with Crippen LogP contribution in [0.4, 0.5) is 8.78 Å². The third-order valence-corrected chi connectivity index (χ3v) is 7.08. The molecule has 4 atom stereocenters. The number of hydrogen-bond acceptors (Lipinski definition) is 3. The fourth-order valence-corrected chi connectivity index (χ4v) is 5.16. The Morgan fingerprint density at radius 3 is 2.63 bits per heavy atom. The summed E-state index contributed by atoms with van der Waals surface area (Å²) in [5, 5.41) is 1.61. The van der Waals surface area contributed by atoms with Gasteiger partial charge in [0.05, 0.1) is 0 Å². The average Bonchev–Trinajstić information content (AvgIpc) is 2.37. The number of benzene rings is 1. The van der Waals surface area contributed by atoms with Gasteiger partial charge in [-0.2, -0.15) is 23.5 Å². The fraction of sp³-hybridized carbons (Fsp3) is 0.571. The molecule has 4 unspecified atom stereocenters. The summed E-state index contributed by atoms with van der Waals surface area (Å²) in [7, 11) is 0. The molecule has 19 heavy (non-hydrogen) atoms. The molecule has 106 valence electrons. The van der Waals surface area contributed by atoms with Gasteiger partial charge in [0.2, 0.25) is 0 Å². The smallest absolute Gasteiger partial charge is 0.159 e. The van der Waals surface area contributed by atoms with Gasteiger partial charge in [0.1, 0.15) is 0 Å².